The number of sulfonamides is 1. The number of nitrogens with zero attached hydrogens (tertiary/aromatic N) is 1. The van der Waals surface area contributed by atoms with E-state index in [2.05, 4.69) is 5.32 Å². The monoisotopic (exact) mass is 326 g/mol. The van der Waals surface area contributed by atoms with Gasteiger partial charge in [0.1, 0.15) is 5.75 Å². The first-order valence-corrected chi connectivity index (χ1v) is 9.39. The molecule has 0 spiro atoms. The van der Waals surface area contributed by atoms with Gasteiger partial charge in [0.2, 0.25) is 10.0 Å². The standard InChI is InChI=1S/C16H26N2O3S/c1-3-21-15-5-4-6-16(13-15)22(19,20)18-11-8-14(9-12-18)7-10-17-2/h4-6,13-14,17H,3,7-12H2,1-2H3. The van der Waals surface area contributed by atoms with E-state index >= 15 is 0 Å². The van der Waals surface area contributed by atoms with Crippen molar-refractivity contribution in [1.82, 2.24) is 9.62 Å². The molecule has 1 aliphatic heterocycles. The highest BCUT2D eigenvalue weighted by molar-refractivity contribution is 7.89. The van der Waals surface area contributed by atoms with E-state index in [4.69, 9.17) is 4.74 Å². The quantitative estimate of drug-likeness (QED) is 0.833. The first-order valence-electron chi connectivity index (χ1n) is 7.95. The van der Waals surface area contributed by atoms with Crippen LogP contribution in [0.2, 0.25) is 0 Å². The summed E-state index contributed by atoms with van der Waals surface area (Å²) in [6.45, 7) is 4.62. The van der Waals surface area contributed by atoms with Crippen LogP contribution < -0.4 is 10.1 Å². The molecule has 22 heavy (non-hydrogen) atoms. The fourth-order valence-electron chi connectivity index (χ4n) is 2.83. The van der Waals surface area contributed by atoms with E-state index in [0.717, 1.165) is 25.8 Å². The van der Waals surface area contributed by atoms with Crippen molar-refractivity contribution in [2.45, 2.75) is 31.1 Å². The highest BCUT2D eigenvalue weighted by atomic mass is 32.2. The molecule has 1 aromatic rings. The zero-order chi connectivity index (χ0) is 16.0. The molecule has 1 fully saturated rings. The van der Waals surface area contributed by atoms with Gasteiger partial charge in [0, 0.05) is 19.2 Å². The molecule has 1 aliphatic rings. The number of hydrogen-bond donors (Lipinski definition) is 1. The molecule has 1 heterocycles. The molecule has 1 saturated heterocycles. The fraction of sp³-hybridized carbons (Fsp3) is 0.625. The van der Waals surface area contributed by atoms with E-state index in [1.54, 1.807) is 28.6 Å². The molecule has 0 amide bonds. The number of rotatable bonds is 7. The van der Waals surface area contributed by atoms with Crippen molar-refractivity contribution < 1.29 is 13.2 Å². The Hall–Kier alpha value is -1.11. The Balaban J connectivity index is 2.03. The average Bonchev–Trinajstić information content (AvgIpc) is 2.54. The number of piperidine rings is 1. The van der Waals surface area contributed by atoms with Gasteiger partial charge in [0.05, 0.1) is 11.5 Å². The molecule has 0 saturated carbocycles. The van der Waals surface area contributed by atoms with Crippen LogP contribution in [0.15, 0.2) is 29.2 Å². The van der Waals surface area contributed by atoms with Crippen LogP contribution in [0.5, 0.6) is 5.75 Å². The minimum absolute atomic E-state index is 0.326. The molecule has 0 bridgehead atoms. The SMILES string of the molecule is CCOc1cccc(S(=O)(=O)N2CCC(CCNC)CC2)c1. The molecule has 0 aromatic heterocycles. The van der Waals surface area contributed by atoms with Gasteiger partial charge in [-0.15, -0.1) is 0 Å². The summed E-state index contributed by atoms with van der Waals surface area (Å²) in [5.41, 5.74) is 0. The van der Waals surface area contributed by atoms with Crippen LogP contribution in [-0.4, -0.2) is 46.0 Å². The number of benzene rings is 1. The van der Waals surface area contributed by atoms with Crippen LogP contribution in [-0.2, 0) is 10.0 Å². The second-order valence-electron chi connectivity index (χ2n) is 5.65. The lowest BCUT2D eigenvalue weighted by Crippen LogP contribution is -2.38. The second kappa shape index (κ2) is 7.94. The predicted molar refractivity (Wildman–Crippen MR) is 87.6 cm³/mol. The maximum absolute atomic E-state index is 12.7. The Morgan fingerprint density at radius 1 is 1.32 bits per heavy atom. The normalized spacial score (nSPS) is 17.5. The lowest BCUT2D eigenvalue weighted by atomic mass is 9.95. The Morgan fingerprint density at radius 2 is 2.05 bits per heavy atom. The molecular weight excluding hydrogens is 300 g/mol. The van der Waals surface area contributed by atoms with E-state index in [9.17, 15) is 8.42 Å². The van der Waals surface area contributed by atoms with Gasteiger partial charge in [-0.2, -0.15) is 4.31 Å². The van der Waals surface area contributed by atoms with E-state index in [-0.39, 0.29) is 0 Å². The number of nitrogens with one attached hydrogen (secondary N) is 1. The first-order chi connectivity index (χ1) is 10.6. The van der Waals surface area contributed by atoms with Crippen LogP contribution in [0.4, 0.5) is 0 Å². The van der Waals surface area contributed by atoms with Crippen LogP contribution in [0.3, 0.4) is 0 Å². The van der Waals surface area contributed by atoms with Crippen molar-refractivity contribution in [1.29, 1.82) is 0 Å². The van der Waals surface area contributed by atoms with Gasteiger partial charge < -0.3 is 10.1 Å². The Labute approximate surface area is 133 Å². The van der Waals surface area contributed by atoms with Crippen LogP contribution in [0.1, 0.15) is 26.2 Å². The minimum atomic E-state index is -3.41. The molecule has 0 radical (unpaired) electrons. The van der Waals surface area contributed by atoms with Crippen molar-refractivity contribution in [2.75, 3.05) is 33.3 Å². The Morgan fingerprint density at radius 3 is 2.68 bits per heavy atom. The maximum Gasteiger partial charge on any atom is 0.243 e. The number of ether oxygens (including phenoxy) is 1. The molecule has 124 valence electrons. The van der Waals surface area contributed by atoms with Crippen LogP contribution in [0, 0.1) is 5.92 Å². The largest absolute Gasteiger partial charge is 0.494 e. The molecule has 2 rings (SSSR count). The van der Waals surface area contributed by atoms with Crippen molar-refractivity contribution in [3.05, 3.63) is 24.3 Å². The summed E-state index contributed by atoms with van der Waals surface area (Å²) >= 11 is 0. The molecule has 1 N–H and O–H groups in total. The van der Waals surface area contributed by atoms with Crippen LogP contribution in [0.25, 0.3) is 0 Å². The van der Waals surface area contributed by atoms with Crippen molar-refractivity contribution in [3.8, 4) is 5.75 Å². The van der Waals surface area contributed by atoms with E-state index in [1.807, 2.05) is 14.0 Å². The molecule has 0 unspecified atom stereocenters. The maximum atomic E-state index is 12.7. The van der Waals surface area contributed by atoms with Gasteiger partial charge in [0.25, 0.3) is 0 Å². The summed E-state index contributed by atoms with van der Waals surface area (Å²) < 4.78 is 32.5. The summed E-state index contributed by atoms with van der Waals surface area (Å²) in [6.07, 6.45) is 2.99. The van der Waals surface area contributed by atoms with E-state index in [1.165, 1.54) is 0 Å². The third kappa shape index (κ3) is 4.21. The molecule has 0 aliphatic carbocycles. The van der Waals surface area contributed by atoms with Gasteiger partial charge in [-0.1, -0.05) is 6.07 Å². The van der Waals surface area contributed by atoms with Gasteiger partial charge in [0.15, 0.2) is 0 Å². The van der Waals surface area contributed by atoms with Gasteiger partial charge in [-0.3, -0.25) is 0 Å². The van der Waals surface area contributed by atoms with Crippen molar-refractivity contribution in [3.63, 3.8) is 0 Å². The molecule has 1 aromatic carbocycles. The fourth-order valence-corrected chi connectivity index (χ4v) is 4.33. The van der Waals surface area contributed by atoms with Crippen molar-refractivity contribution >= 4 is 10.0 Å². The zero-order valence-electron chi connectivity index (χ0n) is 13.4. The molecule has 6 heteroatoms. The minimum Gasteiger partial charge on any atom is -0.494 e. The summed E-state index contributed by atoms with van der Waals surface area (Å²) in [4.78, 5) is 0.326. The first kappa shape index (κ1) is 17.2. The average molecular weight is 326 g/mol. The topological polar surface area (TPSA) is 58.6 Å². The zero-order valence-corrected chi connectivity index (χ0v) is 14.2. The number of hydrogen-bond acceptors (Lipinski definition) is 4. The highest BCUT2D eigenvalue weighted by Gasteiger charge is 2.29. The summed E-state index contributed by atoms with van der Waals surface area (Å²) in [5.74, 6) is 1.22. The summed E-state index contributed by atoms with van der Waals surface area (Å²) in [6, 6.07) is 6.78. The third-order valence-corrected chi connectivity index (χ3v) is 6.03. The van der Waals surface area contributed by atoms with E-state index < -0.39 is 10.0 Å². The Kier molecular flexibility index (Phi) is 6.23. The molecule has 0 atom stereocenters. The lowest BCUT2D eigenvalue weighted by Gasteiger charge is -2.31. The molecular formula is C16H26N2O3S. The van der Waals surface area contributed by atoms with Crippen LogP contribution >= 0.6 is 0 Å². The molecule has 5 nitrogen and oxygen atoms in total. The smallest absolute Gasteiger partial charge is 0.243 e. The van der Waals surface area contributed by atoms with Gasteiger partial charge in [-0.25, -0.2) is 8.42 Å². The Bertz CT molecular complexity index is 567. The van der Waals surface area contributed by atoms with E-state index in [0.29, 0.717) is 36.3 Å². The predicted octanol–water partition coefficient (Wildman–Crippen LogP) is 2.10. The summed E-state index contributed by atoms with van der Waals surface area (Å²) in [7, 11) is -1.46. The van der Waals surface area contributed by atoms with Gasteiger partial charge >= 0.3 is 0 Å². The second-order valence-corrected chi connectivity index (χ2v) is 7.59. The van der Waals surface area contributed by atoms with Crippen molar-refractivity contribution in [2.24, 2.45) is 5.92 Å². The lowest BCUT2D eigenvalue weighted by molar-refractivity contribution is 0.263. The third-order valence-electron chi connectivity index (χ3n) is 4.13. The summed E-state index contributed by atoms with van der Waals surface area (Å²) in [5, 5.41) is 3.15. The highest BCUT2D eigenvalue weighted by Crippen LogP contribution is 2.27. The van der Waals surface area contributed by atoms with Gasteiger partial charge in [-0.05, 0) is 57.8 Å².